The number of aldehydes is 1. The molecule has 1 saturated heterocycles. The van der Waals surface area contributed by atoms with Crippen LogP contribution in [0.2, 0.25) is 0 Å². The van der Waals surface area contributed by atoms with Crippen molar-refractivity contribution in [3.8, 4) is 0 Å². The number of carbonyl (C=O) groups excluding carboxylic acids is 1. The first-order valence-corrected chi connectivity index (χ1v) is 11.9. The van der Waals surface area contributed by atoms with E-state index in [1.807, 2.05) is 6.08 Å². The predicted molar refractivity (Wildman–Crippen MR) is 123 cm³/mol. The van der Waals surface area contributed by atoms with Crippen LogP contribution in [0.4, 0.5) is 0 Å². The summed E-state index contributed by atoms with van der Waals surface area (Å²) in [7, 11) is 0. The summed E-state index contributed by atoms with van der Waals surface area (Å²) in [5, 5.41) is 3.27. The molecule has 3 aliphatic rings. The lowest BCUT2D eigenvalue weighted by Gasteiger charge is -2.53. The van der Waals surface area contributed by atoms with Crippen molar-refractivity contribution in [1.29, 1.82) is 0 Å². The monoisotopic (exact) mass is 447 g/mol. The fourth-order valence-electron chi connectivity index (χ4n) is 5.14. The molecule has 6 heteroatoms. The molecule has 3 atom stereocenters. The van der Waals surface area contributed by atoms with Gasteiger partial charge in [-0.25, -0.2) is 0 Å². The summed E-state index contributed by atoms with van der Waals surface area (Å²) in [6, 6.07) is 6.40. The van der Waals surface area contributed by atoms with E-state index in [1.165, 1.54) is 31.4 Å². The molecule has 1 aromatic heterocycles. The number of likely N-dealkylation sites (tertiary alicyclic amines) is 1. The first-order chi connectivity index (χ1) is 14.4. The van der Waals surface area contributed by atoms with Crippen LogP contribution in [-0.2, 0) is 11.3 Å². The molecule has 4 nitrogen and oxygen atoms in total. The highest BCUT2D eigenvalue weighted by Crippen LogP contribution is 2.42. The van der Waals surface area contributed by atoms with Gasteiger partial charge in [-0.05, 0) is 57.2 Å². The van der Waals surface area contributed by atoms with Gasteiger partial charge in [-0.1, -0.05) is 42.7 Å². The Morgan fingerprint density at radius 1 is 1.27 bits per heavy atom. The Kier molecular flexibility index (Phi) is 6.69. The van der Waals surface area contributed by atoms with Crippen molar-refractivity contribution >= 4 is 29.5 Å². The number of aromatic nitrogens is 1. The Labute approximate surface area is 189 Å². The normalized spacial score (nSPS) is 32.9. The molecule has 3 unspecified atom stereocenters. The summed E-state index contributed by atoms with van der Waals surface area (Å²) >= 11 is 13.8. The number of piperidine rings is 1. The second-order valence-corrected chi connectivity index (χ2v) is 10.1. The molecule has 30 heavy (non-hydrogen) atoms. The van der Waals surface area contributed by atoms with E-state index in [1.54, 1.807) is 12.2 Å². The van der Waals surface area contributed by atoms with Crippen LogP contribution in [0.3, 0.4) is 0 Å². The lowest BCUT2D eigenvalue weighted by atomic mass is 9.90. The molecule has 4 rings (SSSR count). The summed E-state index contributed by atoms with van der Waals surface area (Å²) in [4.78, 5) is 17.5. The Bertz CT molecular complexity index is 835. The van der Waals surface area contributed by atoms with E-state index in [9.17, 15) is 4.79 Å². The molecule has 0 spiro atoms. The molecule has 1 aromatic rings. The molecule has 0 aromatic carbocycles. The van der Waals surface area contributed by atoms with Gasteiger partial charge in [-0.3, -0.25) is 20.0 Å². The molecule has 1 aliphatic heterocycles. The minimum Gasteiger partial charge on any atom is -0.298 e. The maximum atomic E-state index is 11.1. The van der Waals surface area contributed by atoms with Crippen LogP contribution in [0.1, 0.15) is 69.2 Å². The second kappa shape index (κ2) is 9.12. The number of pyridine rings is 1. The number of nitrogens with zero attached hydrogens (tertiary/aromatic N) is 2. The van der Waals surface area contributed by atoms with Crippen molar-refractivity contribution in [3.05, 3.63) is 53.4 Å². The third-order valence-electron chi connectivity index (χ3n) is 6.93. The molecular weight excluding hydrogens is 417 g/mol. The van der Waals surface area contributed by atoms with Gasteiger partial charge in [-0.2, -0.15) is 0 Å². The first kappa shape index (κ1) is 22.0. The third kappa shape index (κ3) is 4.38. The number of rotatable bonds is 6. The van der Waals surface area contributed by atoms with Crippen molar-refractivity contribution in [1.82, 2.24) is 15.2 Å². The molecular formula is C24H31Cl2N3O. The van der Waals surface area contributed by atoms with Gasteiger partial charge in [-0.15, -0.1) is 11.6 Å². The van der Waals surface area contributed by atoms with Crippen molar-refractivity contribution < 1.29 is 4.79 Å². The SMILES string of the molecule is CC1(NCc2cccc(C3CCCC3)n2)CCCCN1C1(Cl)C=CC(C=O)=CC1Cl. The zero-order valence-corrected chi connectivity index (χ0v) is 19.1. The van der Waals surface area contributed by atoms with Gasteiger partial charge >= 0.3 is 0 Å². The Morgan fingerprint density at radius 2 is 2.07 bits per heavy atom. The van der Waals surface area contributed by atoms with Crippen LogP contribution in [0.15, 0.2) is 42.0 Å². The van der Waals surface area contributed by atoms with Gasteiger partial charge < -0.3 is 0 Å². The lowest BCUT2D eigenvalue weighted by molar-refractivity contribution is -0.104. The van der Waals surface area contributed by atoms with E-state index in [-0.39, 0.29) is 5.66 Å². The zero-order chi connectivity index (χ0) is 21.2. The number of halogens is 2. The van der Waals surface area contributed by atoms with Crippen molar-refractivity contribution in [3.63, 3.8) is 0 Å². The molecule has 162 valence electrons. The molecule has 2 fully saturated rings. The fourth-order valence-corrected chi connectivity index (χ4v) is 5.88. The highest BCUT2D eigenvalue weighted by molar-refractivity contribution is 6.34. The topological polar surface area (TPSA) is 45.2 Å². The summed E-state index contributed by atoms with van der Waals surface area (Å²) in [5.74, 6) is 0.612. The van der Waals surface area contributed by atoms with E-state index >= 15 is 0 Å². The smallest absolute Gasteiger partial charge is 0.149 e. The van der Waals surface area contributed by atoms with E-state index in [0.717, 1.165) is 37.8 Å². The van der Waals surface area contributed by atoms with Gasteiger partial charge in [0.1, 0.15) is 11.3 Å². The molecule has 0 radical (unpaired) electrons. The predicted octanol–water partition coefficient (Wildman–Crippen LogP) is 5.27. The summed E-state index contributed by atoms with van der Waals surface area (Å²) in [6.07, 6.45) is 14.5. The molecule has 1 saturated carbocycles. The minimum absolute atomic E-state index is 0.310. The average molecular weight is 448 g/mol. The Balaban J connectivity index is 1.51. The van der Waals surface area contributed by atoms with Gasteiger partial charge in [0.05, 0.1) is 16.7 Å². The number of alkyl halides is 2. The van der Waals surface area contributed by atoms with Crippen molar-refractivity contribution in [2.24, 2.45) is 0 Å². The minimum atomic E-state index is -0.866. The molecule has 1 N–H and O–H groups in total. The maximum absolute atomic E-state index is 11.1. The van der Waals surface area contributed by atoms with Gasteiger partial charge in [0, 0.05) is 30.3 Å². The third-order valence-corrected chi connectivity index (χ3v) is 8.06. The van der Waals surface area contributed by atoms with Crippen molar-refractivity contribution in [2.45, 2.75) is 80.4 Å². The highest BCUT2D eigenvalue weighted by atomic mass is 35.5. The summed E-state index contributed by atoms with van der Waals surface area (Å²) in [5.41, 5.74) is 2.56. The second-order valence-electron chi connectivity index (χ2n) is 9.02. The number of nitrogens with one attached hydrogen (secondary N) is 1. The fraction of sp³-hybridized carbons (Fsp3) is 0.583. The van der Waals surface area contributed by atoms with Crippen molar-refractivity contribution in [2.75, 3.05) is 6.54 Å². The quantitative estimate of drug-likeness (QED) is 0.366. The van der Waals surface area contributed by atoms with E-state index in [0.29, 0.717) is 18.0 Å². The van der Waals surface area contributed by atoms with Crippen LogP contribution >= 0.6 is 23.2 Å². The Hall–Kier alpha value is -1.20. The first-order valence-electron chi connectivity index (χ1n) is 11.1. The number of carbonyl (C=O) groups is 1. The maximum Gasteiger partial charge on any atom is 0.149 e. The molecule has 2 heterocycles. The van der Waals surface area contributed by atoms with Crippen LogP contribution in [0.5, 0.6) is 0 Å². The standard InChI is InChI=1S/C24H31Cl2N3O/c1-23(27-16-20-9-6-10-21(28-20)19-7-2-3-8-19)12-4-5-14-29(23)24(26)13-11-18(17-30)15-22(24)25/h6,9-11,13,15,17,19,22,27H,2-5,7-8,12,14,16H2,1H3. The molecule has 2 aliphatic carbocycles. The van der Waals surface area contributed by atoms with Crippen LogP contribution in [-0.4, -0.2) is 38.8 Å². The molecule has 0 bridgehead atoms. The summed E-state index contributed by atoms with van der Waals surface area (Å²) in [6.45, 7) is 3.74. The number of allylic oxidation sites excluding steroid dienone is 2. The highest BCUT2D eigenvalue weighted by Gasteiger charge is 2.49. The van der Waals surface area contributed by atoms with Gasteiger partial charge in [0.2, 0.25) is 0 Å². The molecule has 0 amide bonds. The number of hydrogen-bond acceptors (Lipinski definition) is 4. The van der Waals surface area contributed by atoms with Gasteiger partial charge in [0.25, 0.3) is 0 Å². The number of hydrogen-bond donors (Lipinski definition) is 1. The van der Waals surface area contributed by atoms with Crippen LogP contribution in [0.25, 0.3) is 0 Å². The van der Waals surface area contributed by atoms with Crippen LogP contribution in [0, 0.1) is 0 Å². The van der Waals surface area contributed by atoms with Gasteiger partial charge in [0.15, 0.2) is 0 Å². The lowest BCUT2D eigenvalue weighted by Crippen LogP contribution is -2.67. The van der Waals surface area contributed by atoms with E-state index in [4.69, 9.17) is 28.2 Å². The zero-order valence-electron chi connectivity index (χ0n) is 17.6. The summed E-state index contributed by atoms with van der Waals surface area (Å²) < 4.78 is 0. The average Bonchev–Trinajstić information content (AvgIpc) is 3.30. The van der Waals surface area contributed by atoms with E-state index in [2.05, 4.69) is 35.3 Å². The van der Waals surface area contributed by atoms with Crippen LogP contribution < -0.4 is 5.32 Å². The van der Waals surface area contributed by atoms with E-state index < -0.39 is 10.4 Å². The largest absolute Gasteiger partial charge is 0.298 e. The Morgan fingerprint density at radius 3 is 2.80 bits per heavy atom.